The number of para-hydroxylation sites is 1. The molecule has 4 rings (SSSR count). The molecule has 0 unspecified atom stereocenters. The Hall–Kier alpha value is -2.18. The molecule has 28 heavy (non-hydrogen) atoms. The lowest BCUT2D eigenvalue weighted by Gasteiger charge is -2.00. The molecule has 0 radical (unpaired) electrons. The Labute approximate surface area is 181 Å². The van der Waals surface area contributed by atoms with E-state index in [0.717, 1.165) is 21.9 Å². The van der Waals surface area contributed by atoms with Crippen molar-refractivity contribution in [3.8, 4) is 16.3 Å². The van der Waals surface area contributed by atoms with Crippen molar-refractivity contribution in [3.05, 3.63) is 88.7 Å². The summed E-state index contributed by atoms with van der Waals surface area (Å²) in [5, 5.41) is 10.3. The van der Waals surface area contributed by atoms with Gasteiger partial charge in [-0.1, -0.05) is 47.5 Å². The van der Waals surface area contributed by atoms with E-state index in [-0.39, 0.29) is 18.2 Å². The average Bonchev–Trinajstić information content (AvgIpc) is 3.09. The van der Waals surface area contributed by atoms with E-state index < -0.39 is 0 Å². The van der Waals surface area contributed by atoms with Gasteiger partial charge in [0.25, 0.3) is 5.13 Å². The molecule has 8 heteroatoms. The monoisotopic (exact) mass is 451 g/mol. The minimum absolute atomic E-state index is 0. The van der Waals surface area contributed by atoms with Crippen LogP contribution in [0.3, 0.4) is 0 Å². The van der Waals surface area contributed by atoms with Crippen LogP contribution < -0.4 is 22.4 Å². The van der Waals surface area contributed by atoms with Gasteiger partial charge in [0.15, 0.2) is 0 Å². The van der Waals surface area contributed by atoms with Crippen molar-refractivity contribution >= 4 is 45.4 Å². The van der Waals surface area contributed by atoms with Crippen LogP contribution in [0.5, 0.6) is 0 Å². The quantitative estimate of drug-likeness (QED) is 0.482. The number of benzene rings is 3. The second-order valence-corrected chi connectivity index (χ2v) is 7.46. The van der Waals surface area contributed by atoms with Gasteiger partial charge in [-0.3, -0.25) is 0 Å². The van der Waals surface area contributed by atoms with Crippen molar-refractivity contribution in [2.24, 2.45) is 0 Å². The molecule has 3 aromatic carbocycles. The number of anilines is 2. The van der Waals surface area contributed by atoms with E-state index in [4.69, 9.17) is 23.2 Å². The summed E-state index contributed by atoms with van der Waals surface area (Å²) in [6.07, 6.45) is 0. The summed E-state index contributed by atoms with van der Waals surface area (Å²) in [6, 6.07) is 21.3. The lowest BCUT2D eigenvalue weighted by molar-refractivity contribution is -0.642. The van der Waals surface area contributed by atoms with Crippen molar-refractivity contribution < 1.29 is 21.5 Å². The maximum atomic E-state index is 13.4. The van der Waals surface area contributed by atoms with Crippen LogP contribution in [-0.2, 0) is 0 Å². The third-order valence-electron chi connectivity index (χ3n) is 3.85. The molecule has 1 heterocycles. The molecule has 0 aliphatic carbocycles. The Bertz CT molecular complexity index is 1090. The Morgan fingerprint density at radius 1 is 0.893 bits per heavy atom. The van der Waals surface area contributed by atoms with Gasteiger partial charge in [-0.05, 0) is 52.4 Å². The maximum absolute atomic E-state index is 13.4. The topological polar surface area (TPSA) is 28.8 Å². The molecule has 0 bridgehead atoms. The van der Waals surface area contributed by atoms with Gasteiger partial charge in [0.1, 0.15) is 5.82 Å². The Morgan fingerprint density at radius 2 is 1.61 bits per heavy atom. The van der Waals surface area contributed by atoms with Crippen LogP contribution in [0.4, 0.5) is 15.2 Å². The second-order valence-electron chi connectivity index (χ2n) is 5.69. The number of hydrogen-bond acceptors (Lipinski definition) is 3. The second kappa shape index (κ2) is 8.88. The van der Waals surface area contributed by atoms with Gasteiger partial charge in [-0.15, -0.1) is 0 Å². The van der Waals surface area contributed by atoms with E-state index in [2.05, 4.69) is 10.4 Å². The van der Waals surface area contributed by atoms with Gasteiger partial charge in [-0.2, -0.15) is 0 Å². The number of halogens is 4. The van der Waals surface area contributed by atoms with E-state index in [0.29, 0.717) is 15.2 Å². The molecule has 0 spiro atoms. The first kappa shape index (κ1) is 20.6. The van der Waals surface area contributed by atoms with Crippen LogP contribution in [0.2, 0.25) is 10.0 Å². The van der Waals surface area contributed by atoms with E-state index in [1.54, 1.807) is 22.9 Å². The smallest absolute Gasteiger partial charge is 0.306 e. The molecule has 0 aliphatic heterocycles. The summed E-state index contributed by atoms with van der Waals surface area (Å²) in [4.78, 5) is 0. The minimum atomic E-state index is -0.306. The lowest BCUT2D eigenvalue weighted by Crippen LogP contribution is -3.00. The predicted octanol–water partition coefficient (Wildman–Crippen LogP) is 3.28. The van der Waals surface area contributed by atoms with Crippen LogP contribution in [0.1, 0.15) is 0 Å². The first-order chi connectivity index (χ1) is 13.1. The van der Waals surface area contributed by atoms with Crippen LogP contribution in [0.25, 0.3) is 16.3 Å². The third kappa shape index (κ3) is 4.28. The van der Waals surface area contributed by atoms with Crippen molar-refractivity contribution in [1.29, 1.82) is 0 Å². The molecule has 4 aromatic rings. The number of rotatable bonds is 4. The average molecular weight is 453 g/mol. The predicted molar refractivity (Wildman–Crippen MR) is 109 cm³/mol. The summed E-state index contributed by atoms with van der Waals surface area (Å²) < 4.78 is 15.1. The molecular formula is C20H13Cl3FN3S. The zero-order valence-electron chi connectivity index (χ0n) is 14.2. The van der Waals surface area contributed by atoms with Gasteiger partial charge in [0.2, 0.25) is 5.69 Å². The fraction of sp³-hybridized carbons (Fsp3) is 0. The Kier molecular flexibility index (Phi) is 6.52. The summed E-state index contributed by atoms with van der Waals surface area (Å²) in [5.41, 5.74) is 2.40. The first-order valence-electron chi connectivity index (χ1n) is 8.07. The Morgan fingerprint density at radius 3 is 2.32 bits per heavy atom. The van der Waals surface area contributed by atoms with E-state index in [9.17, 15) is 4.39 Å². The molecule has 0 aliphatic rings. The molecule has 0 saturated heterocycles. The highest BCUT2D eigenvalue weighted by molar-refractivity contribution is 7.18. The van der Waals surface area contributed by atoms with Gasteiger partial charge in [0.05, 0.1) is 15.6 Å². The van der Waals surface area contributed by atoms with Gasteiger partial charge < -0.3 is 17.7 Å². The summed E-state index contributed by atoms with van der Waals surface area (Å²) in [5.74, 6) is -0.306. The largest absolute Gasteiger partial charge is 1.00 e. The fourth-order valence-electron chi connectivity index (χ4n) is 2.58. The van der Waals surface area contributed by atoms with Crippen molar-refractivity contribution in [1.82, 2.24) is 5.10 Å². The lowest BCUT2D eigenvalue weighted by atomic mass is 10.2. The molecule has 0 saturated carbocycles. The highest BCUT2D eigenvalue weighted by atomic mass is 35.5. The van der Waals surface area contributed by atoms with Crippen molar-refractivity contribution in [3.63, 3.8) is 0 Å². The zero-order chi connectivity index (χ0) is 18.8. The van der Waals surface area contributed by atoms with Gasteiger partial charge >= 0.3 is 5.01 Å². The molecule has 0 atom stereocenters. The zero-order valence-corrected chi connectivity index (χ0v) is 17.3. The highest BCUT2D eigenvalue weighted by Crippen LogP contribution is 2.36. The molecule has 0 fully saturated rings. The number of hydrogen-bond donors (Lipinski definition) is 1. The Balaban J connectivity index is 0.00000225. The van der Waals surface area contributed by atoms with E-state index in [1.165, 1.54) is 23.5 Å². The van der Waals surface area contributed by atoms with Crippen molar-refractivity contribution in [2.75, 3.05) is 5.32 Å². The van der Waals surface area contributed by atoms with Gasteiger partial charge in [0, 0.05) is 22.9 Å². The number of nitrogens with zero attached hydrogens (tertiary/aromatic N) is 2. The van der Waals surface area contributed by atoms with Crippen LogP contribution >= 0.6 is 34.5 Å². The molecule has 0 amide bonds. The van der Waals surface area contributed by atoms with Crippen LogP contribution in [-0.4, -0.2) is 5.10 Å². The fourth-order valence-corrected chi connectivity index (χ4v) is 4.02. The normalized spacial score (nSPS) is 10.4. The SMILES string of the molecule is Fc1ccc(-[n+]2nc(Nc3ccccc3)sc2-c2cccc(Cl)c2Cl)cc1.[Cl-]. The van der Waals surface area contributed by atoms with Crippen LogP contribution in [0, 0.1) is 5.82 Å². The van der Waals surface area contributed by atoms with Gasteiger partial charge in [-0.25, -0.2) is 4.39 Å². The van der Waals surface area contributed by atoms with E-state index in [1.807, 2.05) is 42.5 Å². The van der Waals surface area contributed by atoms with Crippen LogP contribution in [0.15, 0.2) is 72.8 Å². The standard InChI is InChI=1S/C20H13Cl2FN3S.ClH/c21-17-8-4-7-16(18(17)22)19-26(15-11-9-13(23)10-12-15)25-20(27-19)24-14-5-2-1-3-6-14;/h1-12H,(H,24,25);1H/q+1;/p-1. The molecule has 142 valence electrons. The summed E-state index contributed by atoms with van der Waals surface area (Å²) in [7, 11) is 0. The number of nitrogens with one attached hydrogen (secondary N) is 1. The van der Waals surface area contributed by atoms with E-state index >= 15 is 0 Å². The molecular weight excluding hydrogens is 440 g/mol. The summed E-state index contributed by atoms with van der Waals surface area (Å²) in [6.45, 7) is 0. The third-order valence-corrected chi connectivity index (χ3v) is 5.64. The molecule has 1 N–H and O–H groups in total. The van der Waals surface area contributed by atoms with Crippen molar-refractivity contribution in [2.45, 2.75) is 0 Å². The first-order valence-corrected chi connectivity index (χ1v) is 9.64. The summed E-state index contributed by atoms with van der Waals surface area (Å²) >= 11 is 14.1. The maximum Gasteiger partial charge on any atom is 0.306 e. The molecule has 1 aromatic heterocycles. The molecule has 3 nitrogen and oxygen atoms in total. The number of aromatic nitrogens is 2. The highest BCUT2D eigenvalue weighted by Gasteiger charge is 2.27. The minimum Gasteiger partial charge on any atom is -1.00 e.